The number of hydrogen-bond donors (Lipinski definition) is 1. The molecule has 5 heteroatoms. The van der Waals surface area contributed by atoms with Gasteiger partial charge in [0.1, 0.15) is 0 Å². The number of imidazole rings is 1. The predicted molar refractivity (Wildman–Crippen MR) is 284 cm³/mol. The molecule has 0 atom stereocenters. The Bertz CT molecular complexity index is 4600. The van der Waals surface area contributed by atoms with Crippen LogP contribution in [0.2, 0.25) is 0 Å². The molecule has 0 aliphatic carbocycles. The van der Waals surface area contributed by atoms with E-state index in [2.05, 4.69) is 312 Å². The third-order valence-electron chi connectivity index (χ3n) is 6.21. The fourth-order valence-electron chi connectivity index (χ4n) is 3.59. The molecule has 3 aromatic rings. The van der Waals surface area contributed by atoms with Crippen molar-refractivity contribution in [1.82, 2.24) is 9.97 Å². The summed E-state index contributed by atoms with van der Waals surface area (Å²) in [5.74, 6) is 127. The van der Waals surface area contributed by atoms with Gasteiger partial charge in [0.25, 0.3) is 0 Å². The van der Waals surface area contributed by atoms with E-state index >= 15 is 0 Å². The number of fused-ring (bicyclic) bond motifs is 1. The highest BCUT2D eigenvalue weighted by atomic mass is 32.2. The zero-order valence-electron chi connectivity index (χ0n) is 37.4. The zero-order chi connectivity index (χ0) is 51.5. The molecule has 312 valence electrons. The van der Waals surface area contributed by atoms with E-state index in [1.165, 1.54) is 6.26 Å². The van der Waals surface area contributed by atoms with Crippen LogP contribution >= 0.6 is 0 Å². The molecule has 1 heterocycles. The first kappa shape index (κ1) is 54.6. The number of terminal acetylenes is 1. The molecule has 4 nitrogen and oxygen atoms in total. The number of benzene rings is 2. The van der Waals surface area contributed by atoms with Crippen LogP contribution in [0.5, 0.6) is 0 Å². The van der Waals surface area contributed by atoms with E-state index in [1.807, 2.05) is 24.3 Å². The van der Waals surface area contributed by atoms with E-state index in [1.54, 1.807) is 31.5 Å². The quantitative estimate of drug-likeness (QED) is 0.402. The van der Waals surface area contributed by atoms with Crippen molar-refractivity contribution in [3.05, 3.63) is 48.8 Å². The average molecular weight is 913 g/mol. The summed E-state index contributed by atoms with van der Waals surface area (Å²) in [6.45, 7) is 1.69. The second-order valence-corrected chi connectivity index (χ2v) is 13.0. The summed E-state index contributed by atoms with van der Waals surface area (Å²) in [7, 11) is -3.19. The van der Waals surface area contributed by atoms with Crippen molar-refractivity contribution in [2.75, 3.05) is 6.26 Å². The summed E-state index contributed by atoms with van der Waals surface area (Å²) in [5, 5.41) is 0. The number of aromatic nitrogens is 2. The van der Waals surface area contributed by atoms with E-state index < -0.39 is 9.84 Å². The fraction of sp³-hybridized carbons (Fsp3) is 0.0299. The van der Waals surface area contributed by atoms with E-state index in [-0.39, 0.29) is 0 Å². The maximum Gasteiger partial charge on any atom is 0.175 e. The Morgan fingerprint density at radius 2 is 0.653 bits per heavy atom. The molecule has 72 heavy (non-hydrogen) atoms. The van der Waals surface area contributed by atoms with Crippen LogP contribution in [0.25, 0.3) is 22.2 Å². The highest BCUT2D eigenvalue weighted by Crippen LogP contribution is 2.25. The predicted octanol–water partition coefficient (Wildman–Crippen LogP) is 3.36. The fourth-order valence-corrected chi connectivity index (χ4v) is 4.26. The number of sulfone groups is 1. The third-order valence-corrected chi connectivity index (χ3v) is 7.32. The minimum Gasteiger partial charge on any atom is -0.345 e. The van der Waals surface area contributed by atoms with Crippen molar-refractivity contribution in [2.45, 2.75) is 11.8 Å². The number of rotatable bonds is 2. The molecule has 0 amide bonds. The minimum atomic E-state index is -3.19. The Labute approximate surface area is 423 Å². The molecular formula is C67H16N2O2S. The van der Waals surface area contributed by atoms with Crippen LogP contribution in [0.4, 0.5) is 0 Å². The van der Waals surface area contributed by atoms with Crippen molar-refractivity contribution >= 4 is 20.9 Å². The summed E-state index contributed by atoms with van der Waals surface area (Å²) in [5.41, 5.74) is 3.66. The van der Waals surface area contributed by atoms with E-state index in [9.17, 15) is 8.42 Å². The van der Waals surface area contributed by atoms with Gasteiger partial charge in [0, 0.05) is 208 Å². The van der Waals surface area contributed by atoms with Gasteiger partial charge in [-0.3, -0.25) is 0 Å². The molecule has 1 N–H and O–H groups in total. The molecule has 0 spiro atoms. The number of hydrogen-bond acceptors (Lipinski definition) is 3. The topological polar surface area (TPSA) is 62.8 Å². The van der Waals surface area contributed by atoms with Gasteiger partial charge in [-0.1, -0.05) is 24.1 Å². The van der Waals surface area contributed by atoms with Crippen molar-refractivity contribution in [1.29, 1.82) is 0 Å². The standard InChI is InChI=1S/C53H4.C14H12N2O2S/c1-3-5-7-9-11-13-15-17-19-21-23-25-27-29-31-33-35-37-39-41-43-45-47-49-51-53-52-50-48-46-44-42-40-38-36-34-32-30-28-26-24-22-20-18-16-14-12-10-8-6-4-2;1-19(17,18)12-4-2-3-10(7-12)11-5-6-13-14(8-11)16-9-15-13/h1H,2H3;2-9H,1H3,(H,15,16). The van der Waals surface area contributed by atoms with E-state index in [0.717, 1.165) is 22.2 Å². The molecule has 0 fully saturated rings. The van der Waals surface area contributed by atoms with Gasteiger partial charge in [-0.2, -0.15) is 0 Å². The molecule has 0 aliphatic rings. The number of aromatic amines is 1. The van der Waals surface area contributed by atoms with Crippen molar-refractivity contribution in [3.8, 4) is 319 Å². The number of nitrogens with one attached hydrogen (secondary N) is 1. The van der Waals surface area contributed by atoms with Gasteiger partial charge in [-0.15, -0.1) is 6.42 Å². The van der Waals surface area contributed by atoms with Crippen LogP contribution in [0.1, 0.15) is 6.92 Å². The summed E-state index contributed by atoms with van der Waals surface area (Å²) < 4.78 is 23.1. The number of nitrogens with zero attached hydrogens (tertiary/aromatic N) is 1. The molecule has 0 bridgehead atoms. The first-order valence-electron chi connectivity index (χ1n) is 19.1. The smallest absolute Gasteiger partial charge is 0.175 e. The minimum absolute atomic E-state index is 0.328. The molecule has 0 saturated carbocycles. The summed E-state index contributed by atoms with van der Waals surface area (Å²) in [6, 6.07) is 12.7. The lowest BCUT2D eigenvalue weighted by Crippen LogP contribution is -1.96. The van der Waals surface area contributed by atoms with Gasteiger partial charge in [-0.25, -0.2) is 13.4 Å². The lowest BCUT2D eigenvalue weighted by molar-refractivity contribution is 0.602. The maximum atomic E-state index is 11.6. The highest BCUT2D eigenvalue weighted by Gasteiger charge is 2.09. The van der Waals surface area contributed by atoms with Crippen LogP contribution in [0.3, 0.4) is 0 Å². The molecular weight excluding hydrogens is 897 g/mol. The average Bonchev–Trinajstić information content (AvgIpc) is 3.87. The molecule has 0 unspecified atom stereocenters. The van der Waals surface area contributed by atoms with Crippen LogP contribution in [-0.2, 0) is 9.84 Å². The molecule has 3 rings (SSSR count). The molecule has 2 aromatic carbocycles. The second kappa shape index (κ2) is 39.0. The first-order chi connectivity index (χ1) is 35.5. The Morgan fingerprint density at radius 3 is 0.931 bits per heavy atom. The lowest BCUT2D eigenvalue weighted by atomic mass is 10.1. The van der Waals surface area contributed by atoms with E-state index in [4.69, 9.17) is 6.42 Å². The second-order valence-electron chi connectivity index (χ2n) is 11.0. The Kier molecular flexibility index (Phi) is 29.6. The molecule has 0 aliphatic heterocycles. The van der Waals surface area contributed by atoms with Gasteiger partial charge in [-0.05, 0) is 137 Å². The largest absolute Gasteiger partial charge is 0.345 e. The SMILES string of the molecule is C#CC#CC#CC#CC#CC#CC#CC#CC#CC#CC#CC#CC#CC#CC#CC#CC#CC#CC#CC#CC#CC#CC#CC#CC#CC#CC.CS(=O)(=O)c1cccc(-c2ccc3nc[nH]c3c2)c1. The summed E-state index contributed by atoms with van der Waals surface area (Å²) >= 11 is 0. The molecule has 1 aromatic heterocycles. The van der Waals surface area contributed by atoms with Crippen molar-refractivity contribution in [2.24, 2.45) is 0 Å². The summed E-state index contributed by atoms with van der Waals surface area (Å²) in [4.78, 5) is 7.53. The summed E-state index contributed by atoms with van der Waals surface area (Å²) in [6.07, 6.45) is 7.79. The maximum absolute atomic E-state index is 11.6. The monoisotopic (exact) mass is 912 g/mol. The zero-order valence-corrected chi connectivity index (χ0v) is 38.2. The number of H-pyrrole nitrogens is 1. The highest BCUT2D eigenvalue weighted by molar-refractivity contribution is 7.90. The van der Waals surface area contributed by atoms with Crippen LogP contribution in [0.15, 0.2) is 53.7 Å². The molecule has 0 radical (unpaired) electrons. The van der Waals surface area contributed by atoms with Gasteiger partial charge >= 0.3 is 0 Å². The van der Waals surface area contributed by atoms with Crippen LogP contribution < -0.4 is 0 Å². The van der Waals surface area contributed by atoms with Crippen molar-refractivity contribution < 1.29 is 8.42 Å². The first-order valence-corrected chi connectivity index (χ1v) is 21.0. The van der Waals surface area contributed by atoms with Gasteiger partial charge < -0.3 is 4.98 Å². The lowest BCUT2D eigenvalue weighted by Gasteiger charge is -2.04. The molecule has 0 saturated heterocycles. The van der Waals surface area contributed by atoms with Crippen molar-refractivity contribution in [3.63, 3.8) is 0 Å². The Hall–Kier alpha value is -13.6. The van der Waals surface area contributed by atoms with Gasteiger partial charge in [0.05, 0.1) is 22.3 Å². The Balaban J connectivity index is 0.000000762. The van der Waals surface area contributed by atoms with Gasteiger partial charge in [0.2, 0.25) is 0 Å². The van der Waals surface area contributed by atoms with Crippen LogP contribution in [-0.4, -0.2) is 24.6 Å². The van der Waals surface area contributed by atoms with Crippen LogP contribution in [0, 0.1) is 308 Å². The Morgan fingerprint density at radius 1 is 0.375 bits per heavy atom. The van der Waals surface area contributed by atoms with Gasteiger partial charge in [0.15, 0.2) is 9.84 Å². The normalized spacial score (nSPS) is 6.01. The van der Waals surface area contributed by atoms with E-state index in [0.29, 0.717) is 4.90 Å². The third kappa shape index (κ3) is 30.5.